The number of hydrogen-bond acceptors (Lipinski definition) is 3. The monoisotopic (exact) mass is 264 g/mol. The van der Waals surface area contributed by atoms with Gasteiger partial charge in [-0.15, -0.1) is 0 Å². The first-order valence-corrected chi connectivity index (χ1v) is 7.74. The Labute approximate surface area is 114 Å². The zero-order valence-corrected chi connectivity index (χ0v) is 11.8. The Morgan fingerprint density at radius 1 is 1.16 bits per heavy atom. The zero-order chi connectivity index (χ0) is 13.5. The molecule has 3 rings (SSSR count). The molecule has 1 N–H and O–H groups in total. The first kappa shape index (κ1) is 13.1. The summed E-state index contributed by atoms with van der Waals surface area (Å²) in [5.74, 6) is 0.213. The van der Waals surface area contributed by atoms with Gasteiger partial charge in [0.25, 0.3) is 0 Å². The van der Waals surface area contributed by atoms with E-state index in [0.29, 0.717) is 6.42 Å². The first-order chi connectivity index (χ1) is 9.14. The Morgan fingerprint density at radius 3 is 2.58 bits per heavy atom. The van der Waals surface area contributed by atoms with Crippen molar-refractivity contribution in [1.29, 1.82) is 0 Å². The van der Waals surface area contributed by atoms with Crippen molar-refractivity contribution >= 4 is 11.8 Å². The van der Waals surface area contributed by atoms with Crippen LogP contribution in [0.1, 0.15) is 58.3 Å². The van der Waals surface area contributed by atoms with Gasteiger partial charge in [0.15, 0.2) is 0 Å². The fourth-order valence-corrected chi connectivity index (χ4v) is 4.15. The maximum Gasteiger partial charge on any atom is 0.236 e. The van der Waals surface area contributed by atoms with E-state index in [1.807, 2.05) is 0 Å². The van der Waals surface area contributed by atoms with E-state index >= 15 is 0 Å². The highest BCUT2D eigenvalue weighted by Crippen LogP contribution is 2.46. The molecule has 3 fully saturated rings. The van der Waals surface area contributed by atoms with Crippen molar-refractivity contribution in [2.75, 3.05) is 6.54 Å². The quantitative estimate of drug-likeness (QED) is 0.735. The van der Waals surface area contributed by atoms with Gasteiger partial charge in [0, 0.05) is 12.5 Å². The van der Waals surface area contributed by atoms with Crippen molar-refractivity contribution in [3.8, 4) is 0 Å². The minimum atomic E-state index is -0.327. The maximum atomic E-state index is 12.8. The second kappa shape index (κ2) is 4.89. The summed E-state index contributed by atoms with van der Waals surface area (Å²) in [5, 5.41) is 3.40. The fraction of sp³-hybridized carbons (Fsp3) is 0.867. The van der Waals surface area contributed by atoms with E-state index in [0.717, 1.165) is 45.1 Å². The summed E-state index contributed by atoms with van der Waals surface area (Å²) in [6.45, 7) is 3.09. The van der Waals surface area contributed by atoms with E-state index in [2.05, 4.69) is 12.2 Å². The minimum Gasteiger partial charge on any atom is -0.312 e. The highest BCUT2D eigenvalue weighted by molar-refractivity contribution is 6.06. The number of imide groups is 1. The highest BCUT2D eigenvalue weighted by Gasteiger charge is 2.54. The van der Waals surface area contributed by atoms with Crippen LogP contribution in [0.4, 0.5) is 0 Å². The van der Waals surface area contributed by atoms with Gasteiger partial charge in [0.05, 0.1) is 11.5 Å². The van der Waals surface area contributed by atoms with Crippen LogP contribution >= 0.6 is 0 Å². The van der Waals surface area contributed by atoms with E-state index in [-0.39, 0.29) is 29.3 Å². The molecule has 1 spiro atoms. The lowest BCUT2D eigenvalue weighted by Gasteiger charge is -2.37. The normalized spacial score (nSPS) is 35.1. The number of carbonyl (C=O) groups excluding carboxylic acids is 2. The molecule has 2 atom stereocenters. The highest BCUT2D eigenvalue weighted by atomic mass is 16.2. The molecule has 0 radical (unpaired) electrons. The summed E-state index contributed by atoms with van der Waals surface area (Å²) < 4.78 is 0. The largest absolute Gasteiger partial charge is 0.312 e. The number of rotatable bonds is 1. The second-order valence-electron chi connectivity index (χ2n) is 6.54. The van der Waals surface area contributed by atoms with Gasteiger partial charge in [-0.1, -0.05) is 19.3 Å². The van der Waals surface area contributed by atoms with Crippen molar-refractivity contribution in [3.05, 3.63) is 0 Å². The number of amides is 2. The zero-order valence-electron chi connectivity index (χ0n) is 11.8. The molecule has 0 aromatic heterocycles. The number of piperidine rings is 1. The van der Waals surface area contributed by atoms with Crippen LogP contribution < -0.4 is 5.32 Å². The number of nitrogens with one attached hydrogen (secondary N) is 1. The van der Waals surface area contributed by atoms with Crippen molar-refractivity contribution in [1.82, 2.24) is 10.2 Å². The van der Waals surface area contributed by atoms with Crippen molar-refractivity contribution in [2.45, 2.75) is 70.4 Å². The molecule has 106 valence electrons. The van der Waals surface area contributed by atoms with Gasteiger partial charge >= 0.3 is 0 Å². The Morgan fingerprint density at radius 2 is 1.89 bits per heavy atom. The molecule has 4 nitrogen and oxygen atoms in total. The Kier molecular flexibility index (Phi) is 3.37. The van der Waals surface area contributed by atoms with E-state index < -0.39 is 0 Å². The second-order valence-corrected chi connectivity index (χ2v) is 6.54. The molecule has 2 saturated heterocycles. The summed E-state index contributed by atoms with van der Waals surface area (Å²) in [5.41, 5.74) is -0.327. The summed E-state index contributed by atoms with van der Waals surface area (Å²) >= 11 is 0. The van der Waals surface area contributed by atoms with E-state index in [1.165, 1.54) is 6.42 Å². The average molecular weight is 264 g/mol. The summed E-state index contributed by atoms with van der Waals surface area (Å²) in [7, 11) is 0. The van der Waals surface area contributed by atoms with Crippen molar-refractivity contribution in [2.24, 2.45) is 5.41 Å². The third-order valence-corrected chi connectivity index (χ3v) is 5.29. The van der Waals surface area contributed by atoms with Crippen LogP contribution in [0, 0.1) is 5.41 Å². The summed E-state index contributed by atoms with van der Waals surface area (Å²) in [4.78, 5) is 26.8. The van der Waals surface area contributed by atoms with Crippen LogP contribution in [-0.4, -0.2) is 35.3 Å². The molecule has 4 heteroatoms. The van der Waals surface area contributed by atoms with E-state index in [4.69, 9.17) is 0 Å². The fourth-order valence-electron chi connectivity index (χ4n) is 4.15. The predicted molar refractivity (Wildman–Crippen MR) is 72.5 cm³/mol. The Hall–Kier alpha value is -0.900. The van der Waals surface area contributed by atoms with Gasteiger partial charge in [-0.05, 0) is 39.2 Å². The summed E-state index contributed by atoms with van der Waals surface area (Å²) in [6, 6.07) is 0.315. The van der Waals surface area contributed by atoms with Gasteiger partial charge < -0.3 is 5.32 Å². The molecule has 2 unspecified atom stereocenters. The SMILES string of the molecule is CC1NCCCC1N1C(=O)CC2(CCCCC2)C1=O. The van der Waals surface area contributed by atoms with Gasteiger partial charge in [-0.25, -0.2) is 0 Å². The van der Waals surface area contributed by atoms with E-state index in [1.54, 1.807) is 4.90 Å². The molecule has 2 heterocycles. The summed E-state index contributed by atoms with van der Waals surface area (Å²) in [6.07, 6.45) is 7.74. The average Bonchev–Trinajstić information content (AvgIpc) is 2.63. The van der Waals surface area contributed by atoms with Crippen LogP contribution in [0.15, 0.2) is 0 Å². The number of hydrogen-bond donors (Lipinski definition) is 1. The molecule has 0 bridgehead atoms. The predicted octanol–water partition coefficient (Wildman–Crippen LogP) is 1.84. The van der Waals surface area contributed by atoms with Crippen LogP contribution in [0.5, 0.6) is 0 Å². The molecule has 19 heavy (non-hydrogen) atoms. The smallest absolute Gasteiger partial charge is 0.236 e. The molecule has 3 aliphatic rings. The van der Waals surface area contributed by atoms with Gasteiger partial charge in [-0.2, -0.15) is 0 Å². The number of carbonyl (C=O) groups is 2. The third kappa shape index (κ3) is 2.10. The molecule has 2 aliphatic heterocycles. The van der Waals surface area contributed by atoms with Gasteiger partial charge in [0.1, 0.15) is 0 Å². The number of likely N-dealkylation sites (tertiary alicyclic amines) is 1. The van der Waals surface area contributed by atoms with Gasteiger partial charge in [0.2, 0.25) is 11.8 Å². The van der Waals surface area contributed by atoms with Crippen LogP contribution in [0.2, 0.25) is 0 Å². The molecule has 0 aromatic carbocycles. The third-order valence-electron chi connectivity index (χ3n) is 5.29. The van der Waals surface area contributed by atoms with Crippen LogP contribution in [-0.2, 0) is 9.59 Å². The topological polar surface area (TPSA) is 49.4 Å². The van der Waals surface area contributed by atoms with Crippen molar-refractivity contribution < 1.29 is 9.59 Å². The first-order valence-electron chi connectivity index (χ1n) is 7.74. The molecule has 2 amide bonds. The van der Waals surface area contributed by atoms with Crippen LogP contribution in [0.25, 0.3) is 0 Å². The number of nitrogens with zero attached hydrogens (tertiary/aromatic N) is 1. The van der Waals surface area contributed by atoms with Crippen LogP contribution in [0.3, 0.4) is 0 Å². The maximum absolute atomic E-state index is 12.8. The minimum absolute atomic E-state index is 0.0763. The molecular weight excluding hydrogens is 240 g/mol. The lowest BCUT2D eigenvalue weighted by atomic mass is 9.73. The lowest BCUT2D eigenvalue weighted by molar-refractivity contribution is -0.146. The standard InChI is InChI=1S/C15H24N2O2/c1-11-12(6-5-9-16-11)17-13(18)10-15(14(17)19)7-3-2-4-8-15/h11-12,16H,2-10H2,1H3. The Balaban J connectivity index is 1.82. The Bertz CT molecular complexity index is 388. The van der Waals surface area contributed by atoms with E-state index in [9.17, 15) is 9.59 Å². The molecule has 1 saturated carbocycles. The molecular formula is C15H24N2O2. The molecule has 0 aromatic rings. The van der Waals surface area contributed by atoms with Crippen molar-refractivity contribution in [3.63, 3.8) is 0 Å². The molecule has 1 aliphatic carbocycles. The van der Waals surface area contributed by atoms with Gasteiger partial charge in [-0.3, -0.25) is 14.5 Å². The lowest BCUT2D eigenvalue weighted by Crippen LogP contribution is -2.55.